The number of benzene rings is 1. The second-order valence-corrected chi connectivity index (χ2v) is 4.39. The molecule has 0 heterocycles. The molecule has 2 N–H and O–H groups in total. The Morgan fingerprint density at radius 2 is 1.69 bits per heavy atom. The first kappa shape index (κ1) is 13.2. The van der Waals surface area contributed by atoms with E-state index in [1.807, 2.05) is 31.1 Å². The van der Waals surface area contributed by atoms with Crippen LogP contribution in [0, 0.1) is 12.8 Å². The third-order valence-electron chi connectivity index (χ3n) is 2.98. The Labute approximate surface area is 97.3 Å². The summed E-state index contributed by atoms with van der Waals surface area (Å²) >= 11 is 0. The normalized spacial score (nSPS) is 13.4. The molecule has 0 saturated carbocycles. The van der Waals surface area contributed by atoms with Gasteiger partial charge in [-0.3, -0.25) is 0 Å². The predicted octanol–water partition coefficient (Wildman–Crippen LogP) is 1.20. The van der Waals surface area contributed by atoms with E-state index in [2.05, 4.69) is 19.1 Å². The van der Waals surface area contributed by atoms with Crippen molar-refractivity contribution in [2.45, 2.75) is 13.0 Å². The number of aryl methyl sites for hydroxylation is 1. The summed E-state index contributed by atoms with van der Waals surface area (Å²) in [5.74, 6) is -0.143. The van der Waals surface area contributed by atoms with Crippen LogP contribution in [0.5, 0.6) is 0 Å². The molecule has 1 atom stereocenters. The van der Waals surface area contributed by atoms with Crippen LogP contribution in [0.3, 0.4) is 0 Å². The van der Waals surface area contributed by atoms with Crippen molar-refractivity contribution in [3.63, 3.8) is 0 Å². The fourth-order valence-corrected chi connectivity index (χ4v) is 2.13. The van der Waals surface area contributed by atoms with Crippen molar-refractivity contribution < 1.29 is 10.2 Å². The van der Waals surface area contributed by atoms with E-state index in [1.165, 1.54) is 11.1 Å². The zero-order chi connectivity index (χ0) is 12.1. The molecule has 3 nitrogen and oxygen atoms in total. The van der Waals surface area contributed by atoms with Crippen LogP contribution in [0.25, 0.3) is 0 Å². The van der Waals surface area contributed by atoms with Gasteiger partial charge in [0.1, 0.15) is 0 Å². The lowest BCUT2D eigenvalue weighted by Gasteiger charge is -2.31. The van der Waals surface area contributed by atoms with Gasteiger partial charge in [0.05, 0.1) is 0 Å². The molecule has 0 aliphatic heterocycles. The summed E-state index contributed by atoms with van der Waals surface area (Å²) in [6.07, 6.45) is 0. The summed E-state index contributed by atoms with van der Waals surface area (Å²) in [4.78, 5) is 2.04. The fourth-order valence-electron chi connectivity index (χ4n) is 2.13. The minimum absolute atomic E-state index is 0.00627. The van der Waals surface area contributed by atoms with E-state index in [0.29, 0.717) is 0 Å². The van der Waals surface area contributed by atoms with Gasteiger partial charge in [-0.05, 0) is 32.1 Å². The largest absolute Gasteiger partial charge is 0.396 e. The van der Waals surface area contributed by atoms with Crippen LogP contribution in [0.1, 0.15) is 17.2 Å². The molecule has 0 saturated heterocycles. The number of aliphatic hydroxyl groups is 2. The Balaban J connectivity index is 3.07. The van der Waals surface area contributed by atoms with Crippen molar-refractivity contribution in [3.8, 4) is 0 Å². The number of aliphatic hydroxyl groups excluding tert-OH is 2. The van der Waals surface area contributed by atoms with Crippen LogP contribution in [0.4, 0.5) is 0 Å². The summed E-state index contributed by atoms with van der Waals surface area (Å²) in [6.45, 7) is 2.04. The maximum Gasteiger partial charge on any atom is 0.0499 e. The zero-order valence-electron chi connectivity index (χ0n) is 10.2. The van der Waals surface area contributed by atoms with Crippen molar-refractivity contribution in [1.29, 1.82) is 0 Å². The van der Waals surface area contributed by atoms with Gasteiger partial charge in [0.2, 0.25) is 0 Å². The smallest absolute Gasteiger partial charge is 0.0499 e. The molecule has 0 fully saturated rings. The second-order valence-electron chi connectivity index (χ2n) is 4.39. The summed E-state index contributed by atoms with van der Waals surface area (Å²) in [5, 5.41) is 18.6. The first-order chi connectivity index (χ1) is 7.61. The van der Waals surface area contributed by atoms with Crippen molar-refractivity contribution in [3.05, 3.63) is 35.4 Å². The molecule has 90 valence electrons. The fraction of sp³-hybridized carbons (Fsp3) is 0.538. The van der Waals surface area contributed by atoms with Gasteiger partial charge in [-0.15, -0.1) is 0 Å². The average molecular weight is 223 g/mol. The first-order valence-corrected chi connectivity index (χ1v) is 5.55. The standard InChI is InChI=1S/C13H21NO2/c1-10-6-4-5-7-12(10)13(14(2)3)11(8-15)9-16/h4-7,11,13,15-16H,8-9H2,1-3H3/t13-/m0/s1. The topological polar surface area (TPSA) is 43.7 Å². The molecule has 0 aliphatic carbocycles. The van der Waals surface area contributed by atoms with Crippen LogP contribution < -0.4 is 0 Å². The van der Waals surface area contributed by atoms with Gasteiger partial charge in [0.15, 0.2) is 0 Å². The molecule has 0 aromatic heterocycles. The van der Waals surface area contributed by atoms with Gasteiger partial charge < -0.3 is 15.1 Å². The third-order valence-corrected chi connectivity index (χ3v) is 2.98. The molecule has 1 aromatic carbocycles. The quantitative estimate of drug-likeness (QED) is 0.788. The minimum atomic E-state index is -0.143. The van der Waals surface area contributed by atoms with Crippen LogP contribution in [0.15, 0.2) is 24.3 Å². The number of hydrogen-bond acceptors (Lipinski definition) is 3. The highest BCUT2D eigenvalue weighted by Gasteiger charge is 2.25. The van der Waals surface area contributed by atoms with E-state index in [-0.39, 0.29) is 25.2 Å². The van der Waals surface area contributed by atoms with Crippen LogP contribution in [-0.4, -0.2) is 42.4 Å². The molecule has 0 spiro atoms. The van der Waals surface area contributed by atoms with Gasteiger partial charge in [-0.2, -0.15) is 0 Å². The molecule has 0 radical (unpaired) electrons. The van der Waals surface area contributed by atoms with Gasteiger partial charge in [-0.25, -0.2) is 0 Å². The third kappa shape index (κ3) is 2.82. The van der Waals surface area contributed by atoms with Gasteiger partial charge >= 0.3 is 0 Å². The first-order valence-electron chi connectivity index (χ1n) is 5.55. The van der Waals surface area contributed by atoms with Gasteiger partial charge in [0.25, 0.3) is 0 Å². The average Bonchev–Trinajstić information content (AvgIpc) is 2.27. The molecule has 0 unspecified atom stereocenters. The maximum absolute atomic E-state index is 9.31. The monoisotopic (exact) mass is 223 g/mol. The van der Waals surface area contributed by atoms with Crippen molar-refractivity contribution in [2.24, 2.45) is 5.92 Å². The van der Waals surface area contributed by atoms with Gasteiger partial charge in [-0.1, -0.05) is 24.3 Å². The predicted molar refractivity (Wildman–Crippen MR) is 65.3 cm³/mol. The molecule has 3 heteroatoms. The molecular weight excluding hydrogens is 202 g/mol. The lowest BCUT2D eigenvalue weighted by molar-refractivity contribution is 0.0806. The Morgan fingerprint density at radius 1 is 1.12 bits per heavy atom. The van der Waals surface area contributed by atoms with E-state index in [9.17, 15) is 10.2 Å². The summed E-state index contributed by atoms with van der Waals surface area (Å²) in [6, 6.07) is 8.15. The number of nitrogens with zero attached hydrogens (tertiary/aromatic N) is 1. The van der Waals surface area contributed by atoms with Crippen LogP contribution >= 0.6 is 0 Å². The summed E-state index contributed by atoms with van der Waals surface area (Å²) in [5.41, 5.74) is 2.36. The minimum Gasteiger partial charge on any atom is -0.396 e. The lowest BCUT2D eigenvalue weighted by atomic mass is 9.90. The highest BCUT2D eigenvalue weighted by atomic mass is 16.3. The molecule has 16 heavy (non-hydrogen) atoms. The van der Waals surface area contributed by atoms with E-state index in [0.717, 1.165) is 0 Å². The summed E-state index contributed by atoms with van der Waals surface area (Å²) in [7, 11) is 3.94. The lowest BCUT2D eigenvalue weighted by Crippen LogP contribution is -2.32. The molecule has 1 rings (SSSR count). The number of hydrogen-bond donors (Lipinski definition) is 2. The Hall–Kier alpha value is -0.900. The van der Waals surface area contributed by atoms with Gasteiger partial charge in [0, 0.05) is 25.2 Å². The molecule has 0 amide bonds. The highest BCUT2D eigenvalue weighted by molar-refractivity contribution is 5.29. The molecule has 0 aliphatic rings. The van der Waals surface area contributed by atoms with Crippen molar-refractivity contribution in [2.75, 3.05) is 27.3 Å². The zero-order valence-corrected chi connectivity index (χ0v) is 10.2. The Kier molecular flexibility index (Phi) is 4.93. The molecule has 1 aromatic rings. The van der Waals surface area contributed by atoms with Crippen molar-refractivity contribution >= 4 is 0 Å². The maximum atomic E-state index is 9.31. The van der Waals surface area contributed by atoms with Crippen LogP contribution in [0.2, 0.25) is 0 Å². The SMILES string of the molecule is Cc1ccccc1[C@H](C(CO)CO)N(C)C. The molecular formula is C13H21NO2. The molecule has 0 bridgehead atoms. The van der Waals surface area contributed by atoms with E-state index in [1.54, 1.807) is 0 Å². The van der Waals surface area contributed by atoms with E-state index in [4.69, 9.17) is 0 Å². The Morgan fingerprint density at radius 3 is 2.12 bits per heavy atom. The summed E-state index contributed by atoms with van der Waals surface area (Å²) < 4.78 is 0. The van der Waals surface area contributed by atoms with E-state index < -0.39 is 0 Å². The highest BCUT2D eigenvalue weighted by Crippen LogP contribution is 2.28. The Bertz CT molecular complexity index is 321. The van der Waals surface area contributed by atoms with Crippen LogP contribution in [-0.2, 0) is 0 Å². The van der Waals surface area contributed by atoms with E-state index >= 15 is 0 Å². The second kappa shape index (κ2) is 5.99. The number of rotatable bonds is 5. The van der Waals surface area contributed by atoms with Crippen molar-refractivity contribution in [1.82, 2.24) is 4.90 Å².